The van der Waals surface area contributed by atoms with Gasteiger partial charge in [0, 0.05) is 29.7 Å². The zero-order chi connectivity index (χ0) is 19.3. The lowest BCUT2D eigenvalue weighted by Crippen LogP contribution is -2.29. The minimum absolute atomic E-state index is 0.356. The minimum atomic E-state index is -4.35. The Morgan fingerprint density at radius 1 is 1.07 bits per heavy atom. The zero-order valence-electron chi connectivity index (χ0n) is 14.4. The van der Waals surface area contributed by atoms with Crippen molar-refractivity contribution in [3.05, 3.63) is 72.1 Å². The van der Waals surface area contributed by atoms with Crippen molar-refractivity contribution in [2.75, 3.05) is 11.9 Å². The fraction of sp³-hybridized carbons (Fsp3) is 0.200. The van der Waals surface area contributed by atoms with E-state index in [9.17, 15) is 18.0 Å². The number of halogens is 3. The maximum absolute atomic E-state index is 12.7. The molecule has 2 N–H and O–H groups in total. The molecule has 0 unspecified atom stereocenters. The Labute approximate surface area is 154 Å². The van der Waals surface area contributed by atoms with Crippen LogP contribution in [-0.2, 0) is 12.6 Å². The molecule has 0 saturated heterocycles. The molecule has 1 aromatic heterocycles. The van der Waals surface area contributed by atoms with Gasteiger partial charge in [0.1, 0.15) is 0 Å². The smallest absolute Gasteiger partial charge is 0.338 e. The van der Waals surface area contributed by atoms with Gasteiger partial charge in [-0.3, -0.25) is 4.98 Å². The van der Waals surface area contributed by atoms with E-state index in [1.54, 1.807) is 24.5 Å². The lowest BCUT2D eigenvalue weighted by atomic mass is 10.1. The second-order valence-corrected chi connectivity index (χ2v) is 6.08. The lowest BCUT2D eigenvalue weighted by Gasteiger charge is -2.11. The van der Waals surface area contributed by atoms with Crippen molar-refractivity contribution in [2.45, 2.75) is 19.0 Å². The fourth-order valence-electron chi connectivity index (χ4n) is 2.80. The monoisotopic (exact) mass is 373 g/mol. The number of urea groups is 1. The summed E-state index contributed by atoms with van der Waals surface area (Å²) in [5.74, 6) is 0. The summed E-state index contributed by atoms with van der Waals surface area (Å²) in [5.41, 5.74) is 0.606. The van der Waals surface area contributed by atoms with Gasteiger partial charge in [-0.15, -0.1) is 0 Å². The fourth-order valence-corrected chi connectivity index (χ4v) is 2.80. The van der Waals surface area contributed by atoms with Crippen LogP contribution >= 0.6 is 0 Å². The number of aromatic nitrogens is 1. The van der Waals surface area contributed by atoms with Gasteiger partial charge in [-0.05, 0) is 36.6 Å². The molecular weight excluding hydrogens is 355 g/mol. The van der Waals surface area contributed by atoms with Gasteiger partial charge < -0.3 is 10.6 Å². The van der Waals surface area contributed by atoms with Gasteiger partial charge in [-0.25, -0.2) is 4.79 Å². The largest absolute Gasteiger partial charge is 0.416 e. The standard InChI is InChI=1S/C20H18F3N3O/c21-20(22,23)16-7-1-4-14(12-16)5-3-10-25-19(27)26-18-8-2-6-15-13-24-11-9-17(15)18/h1-2,4,6-9,11-13H,3,5,10H2,(H2,25,26,27). The van der Waals surface area contributed by atoms with Crippen molar-refractivity contribution in [1.82, 2.24) is 10.3 Å². The molecule has 0 aliphatic carbocycles. The number of fused-ring (bicyclic) bond motifs is 1. The number of anilines is 1. The van der Waals surface area contributed by atoms with Gasteiger partial charge in [0.15, 0.2) is 0 Å². The first kappa shape index (κ1) is 18.7. The number of pyridine rings is 1. The number of rotatable bonds is 5. The van der Waals surface area contributed by atoms with Gasteiger partial charge in [-0.1, -0.05) is 30.3 Å². The average Bonchev–Trinajstić information content (AvgIpc) is 2.65. The van der Waals surface area contributed by atoms with Gasteiger partial charge in [0.25, 0.3) is 0 Å². The molecule has 140 valence electrons. The molecule has 0 aliphatic rings. The van der Waals surface area contributed by atoms with Crippen LogP contribution in [0.3, 0.4) is 0 Å². The van der Waals surface area contributed by atoms with E-state index >= 15 is 0 Å². The molecule has 2 aromatic carbocycles. The number of alkyl halides is 3. The van der Waals surface area contributed by atoms with Crippen LogP contribution in [0.25, 0.3) is 10.8 Å². The number of carbonyl (C=O) groups excluding carboxylic acids is 1. The molecule has 0 spiro atoms. The summed E-state index contributed by atoms with van der Waals surface area (Å²) in [4.78, 5) is 16.1. The second-order valence-electron chi connectivity index (χ2n) is 6.08. The van der Waals surface area contributed by atoms with E-state index in [1.807, 2.05) is 18.2 Å². The molecule has 0 atom stereocenters. The number of hydrogen-bond donors (Lipinski definition) is 2. The van der Waals surface area contributed by atoms with Crippen molar-refractivity contribution >= 4 is 22.5 Å². The molecule has 1 heterocycles. The third kappa shape index (κ3) is 4.97. The van der Waals surface area contributed by atoms with Crippen LogP contribution in [-0.4, -0.2) is 17.6 Å². The number of amides is 2. The van der Waals surface area contributed by atoms with Crippen LogP contribution in [0.1, 0.15) is 17.5 Å². The summed E-state index contributed by atoms with van der Waals surface area (Å²) in [5, 5.41) is 7.31. The Morgan fingerprint density at radius 3 is 2.70 bits per heavy atom. The Kier molecular flexibility index (Phi) is 5.59. The van der Waals surface area contributed by atoms with Crippen LogP contribution in [0.5, 0.6) is 0 Å². The maximum atomic E-state index is 12.7. The van der Waals surface area contributed by atoms with E-state index in [0.717, 1.165) is 22.9 Å². The molecule has 27 heavy (non-hydrogen) atoms. The highest BCUT2D eigenvalue weighted by molar-refractivity contribution is 6.01. The predicted molar refractivity (Wildman–Crippen MR) is 98.5 cm³/mol. The SMILES string of the molecule is O=C(NCCCc1cccc(C(F)(F)F)c1)Nc1cccc2cnccc12. The van der Waals surface area contributed by atoms with Crippen molar-refractivity contribution in [2.24, 2.45) is 0 Å². The number of nitrogens with one attached hydrogen (secondary N) is 2. The Balaban J connectivity index is 1.50. The summed E-state index contributed by atoms with van der Waals surface area (Å²) in [6.07, 6.45) is 0.00835. The van der Waals surface area contributed by atoms with Gasteiger partial charge >= 0.3 is 12.2 Å². The Hall–Kier alpha value is -3.09. The molecule has 2 amide bonds. The van der Waals surface area contributed by atoms with Crippen LogP contribution < -0.4 is 10.6 Å². The molecular formula is C20H18F3N3O. The minimum Gasteiger partial charge on any atom is -0.338 e. The number of hydrogen-bond acceptors (Lipinski definition) is 2. The van der Waals surface area contributed by atoms with Crippen LogP contribution in [0.4, 0.5) is 23.7 Å². The third-order valence-corrected chi connectivity index (χ3v) is 4.11. The molecule has 3 aromatic rings. The summed E-state index contributed by atoms with van der Waals surface area (Å²) in [6, 6.07) is 12.2. The highest BCUT2D eigenvalue weighted by Crippen LogP contribution is 2.29. The molecule has 0 fully saturated rings. The van der Waals surface area contributed by atoms with Gasteiger partial charge in [0.05, 0.1) is 11.3 Å². The Morgan fingerprint density at radius 2 is 1.89 bits per heavy atom. The van der Waals surface area contributed by atoms with Crippen LogP contribution in [0.2, 0.25) is 0 Å². The van der Waals surface area contributed by atoms with Crippen LogP contribution in [0.15, 0.2) is 60.9 Å². The third-order valence-electron chi connectivity index (χ3n) is 4.11. The molecule has 0 radical (unpaired) electrons. The topological polar surface area (TPSA) is 54.0 Å². The van der Waals surface area contributed by atoms with Crippen molar-refractivity contribution in [1.29, 1.82) is 0 Å². The summed E-state index contributed by atoms with van der Waals surface area (Å²) >= 11 is 0. The van der Waals surface area contributed by atoms with E-state index in [1.165, 1.54) is 6.07 Å². The highest BCUT2D eigenvalue weighted by Gasteiger charge is 2.30. The second kappa shape index (κ2) is 8.07. The molecule has 7 heteroatoms. The van der Waals surface area contributed by atoms with Crippen molar-refractivity contribution < 1.29 is 18.0 Å². The molecule has 3 rings (SSSR count). The van der Waals surface area contributed by atoms with Crippen molar-refractivity contribution in [3.63, 3.8) is 0 Å². The number of nitrogens with zero attached hydrogens (tertiary/aromatic N) is 1. The Bertz CT molecular complexity index is 936. The predicted octanol–water partition coefficient (Wildman–Crippen LogP) is 5.01. The van der Waals surface area contributed by atoms with E-state index in [0.29, 0.717) is 30.6 Å². The molecule has 0 saturated carbocycles. The van der Waals surface area contributed by atoms with E-state index < -0.39 is 11.7 Å². The molecule has 0 aliphatic heterocycles. The first-order valence-electron chi connectivity index (χ1n) is 8.47. The maximum Gasteiger partial charge on any atom is 0.416 e. The highest BCUT2D eigenvalue weighted by atomic mass is 19.4. The average molecular weight is 373 g/mol. The van der Waals surface area contributed by atoms with E-state index in [2.05, 4.69) is 15.6 Å². The first-order chi connectivity index (χ1) is 12.9. The summed E-state index contributed by atoms with van der Waals surface area (Å²) < 4.78 is 38.1. The molecule has 4 nitrogen and oxygen atoms in total. The van der Waals surface area contributed by atoms with Gasteiger partial charge in [-0.2, -0.15) is 13.2 Å². The normalized spacial score (nSPS) is 11.4. The number of carbonyl (C=O) groups is 1. The summed E-state index contributed by atoms with van der Waals surface area (Å²) in [6.45, 7) is 0.356. The quantitative estimate of drug-likeness (QED) is 0.618. The summed E-state index contributed by atoms with van der Waals surface area (Å²) in [7, 11) is 0. The lowest BCUT2D eigenvalue weighted by molar-refractivity contribution is -0.137. The molecule has 0 bridgehead atoms. The van der Waals surface area contributed by atoms with Crippen LogP contribution in [0, 0.1) is 0 Å². The van der Waals surface area contributed by atoms with E-state index in [4.69, 9.17) is 0 Å². The zero-order valence-corrected chi connectivity index (χ0v) is 14.4. The van der Waals surface area contributed by atoms with Crippen molar-refractivity contribution in [3.8, 4) is 0 Å². The van der Waals surface area contributed by atoms with Gasteiger partial charge in [0.2, 0.25) is 0 Å². The first-order valence-corrected chi connectivity index (χ1v) is 8.47. The van der Waals surface area contributed by atoms with E-state index in [-0.39, 0.29) is 6.03 Å². The number of benzene rings is 2. The number of aryl methyl sites for hydroxylation is 1.